The van der Waals surface area contributed by atoms with Crippen LogP contribution >= 0.6 is 0 Å². The summed E-state index contributed by atoms with van der Waals surface area (Å²) >= 11 is 0. The van der Waals surface area contributed by atoms with Crippen molar-refractivity contribution < 1.29 is 14.7 Å². The van der Waals surface area contributed by atoms with Crippen molar-refractivity contribution in [1.82, 2.24) is 30.4 Å². The van der Waals surface area contributed by atoms with Crippen LogP contribution in [0, 0.1) is 0 Å². The van der Waals surface area contributed by atoms with Crippen LogP contribution in [0.4, 0.5) is 0 Å². The summed E-state index contributed by atoms with van der Waals surface area (Å²) in [5.74, 6) is -0.770. The number of nitrogens with zero attached hydrogens (tertiary/aromatic N) is 5. The van der Waals surface area contributed by atoms with Crippen molar-refractivity contribution in [2.24, 2.45) is 0 Å². The first-order chi connectivity index (χ1) is 8.99. The summed E-state index contributed by atoms with van der Waals surface area (Å²) in [5, 5.41) is 22.1. The summed E-state index contributed by atoms with van der Waals surface area (Å²) in [6.07, 6.45) is -0.0582. The summed E-state index contributed by atoms with van der Waals surface area (Å²) in [6, 6.07) is 0. The molecule has 0 spiro atoms. The number of likely N-dealkylation sites (N-methyl/N-ethyl adjacent to an activating group) is 1. The number of tetrazole rings is 1. The number of amides is 1. The van der Waals surface area contributed by atoms with Crippen molar-refractivity contribution in [3.8, 4) is 0 Å². The molecule has 0 aromatic carbocycles. The van der Waals surface area contributed by atoms with Crippen LogP contribution in [0.25, 0.3) is 0 Å². The molecule has 2 N–H and O–H groups in total. The van der Waals surface area contributed by atoms with E-state index in [9.17, 15) is 9.59 Å². The van der Waals surface area contributed by atoms with Gasteiger partial charge in [-0.1, -0.05) is 0 Å². The van der Waals surface area contributed by atoms with Gasteiger partial charge in [0.2, 0.25) is 5.91 Å². The van der Waals surface area contributed by atoms with E-state index in [1.165, 1.54) is 0 Å². The van der Waals surface area contributed by atoms with Gasteiger partial charge in [-0.15, -0.1) is 5.10 Å². The average molecular weight is 270 g/mol. The van der Waals surface area contributed by atoms with Gasteiger partial charge in [0.05, 0.1) is 19.4 Å². The zero-order valence-electron chi connectivity index (χ0n) is 11.0. The number of rotatable bonds is 8. The van der Waals surface area contributed by atoms with Gasteiger partial charge in [0, 0.05) is 13.1 Å². The maximum Gasteiger partial charge on any atom is 0.305 e. The fraction of sp³-hybridized carbons (Fsp3) is 0.700. The van der Waals surface area contributed by atoms with Crippen molar-refractivity contribution in [3.63, 3.8) is 0 Å². The van der Waals surface area contributed by atoms with Crippen molar-refractivity contribution in [2.45, 2.75) is 19.4 Å². The third kappa shape index (κ3) is 5.91. The van der Waals surface area contributed by atoms with Gasteiger partial charge in [0.15, 0.2) is 5.82 Å². The Morgan fingerprint density at radius 2 is 2.16 bits per heavy atom. The summed E-state index contributed by atoms with van der Waals surface area (Å²) in [7, 11) is 3.87. The Labute approximate surface area is 110 Å². The fourth-order valence-electron chi connectivity index (χ4n) is 1.33. The van der Waals surface area contributed by atoms with Crippen LogP contribution in [-0.4, -0.2) is 69.3 Å². The maximum absolute atomic E-state index is 11.6. The molecule has 0 saturated heterocycles. The third-order valence-corrected chi connectivity index (χ3v) is 2.34. The SMILES string of the molecule is CN(C)CCn1nnnc1CC(=O)NCCC(=O)O. The Balaban J connectivity index is 2.41. The molecule has 9 heteroatoms. The molecule has 9 nitrogen and oxygen atoms in total. The first-order valence-electron chi connectivity index (χ1n) is 5.87. The Morgan fingerprint density at radius 3 is 2.79 bits per heavy atom. The molecule has 0 aliphatic rings. The normalized spacial score (nSPS) is 10.7. The summed E-state index contributed by atoms with van der Waals surface area (Å²) in [6.45, 7) is 1.46. The van der Waals surface area contributed by atoms with Crippen molar-refractivity contribution in [1.29, 1.82) is 0 Å². The largest absolute Gasteiger partial charge is 0.481 e. The van der Waals surface area contributed by atoms with E-state index in [1.54, 1.807) is 4.68 Å². The number of aliphatic carboxylic acids is 1. The highest BCUT2D eigenvalue weighted by Crippen LogP contribution is 1.94. The van der Waals surface area contributed by atoms with Crippen LogP contribution in [0.3, 0.4) is 0 Å². The Morgan fingerprint density at radius 1 is 1.42 bits per heavy atom. The van der Waals surface area contributed by atoms with Gasteiger partial charge in [-0.2, -0.15) is 0 Å². The van der Waals surface area contributed by atoms with E-state index in [4.69, 9.17) is 5.11 Å². The molecule has 0 aliphatic carbocycles. The zero-order chi connectivity index (χ0) is 14.3. The van der Waals surface area contributed by atoms with Crippen LogP contribution in [0.15, 0.2) is 0 Å². The minimum absolute atomic E-state index is 0.0417. The standard InChI is InChI=1S/C10H18N6O3/c1-15(2)5-6-16-8(12-13-14-16)7-9(17)11-4-3-10(18)19/h3-7H2,1-2H3,(H,11,17)(H,18,19). The summed E-state index contributed by atoms with van der Waals surface area (Å²) in [5.41, 5.74) is 0. The Bertz CT molecular complexity index is 431. The third-order valence-electron chi connectivity index (χ3n) is 2.34. The second-order valence-corrected chi connectivity index (χ2v) is 4.29. The molecule has 1 amide bonds. The summed E-state index contributed by atoms with van der Waals surface area (Å²) < 4.78 is 1.57. The van der Waals surface area contributed by atoms with Crippen LogP contribution in [-0.2, 0) is 22.6 Å². The maximum atomic E-state index is 11.6. The molecule has 0 fully saturated rings. The second-order valence-electron chi connectivity index (χ2n) is 4.29. The van der Waals surface area contributed by atoms with Crippen LogP contribution in [0.5, 0.6) is 0 Å². The van der Waals surface area contributed by atoms with Gasteiger partial charge in [0.25, 0.3) is 0 Å². The van der Waals surface area contributed by atoms with Crippen molar-refractivity contribution >= 4 is 11.9 Å². The monoisotopic (exact) mass is 270 g/mol. The van der Waals surface area contributed by atoms with E-state index in [0.717, 1.165) is 6.54 Å². The molecule has 0 atom stereocenters. The number of nitrogens with one attached hydrogen (secondary N) is 1. The topological polar surface area (TPSA) is 113 Å². The molecule has 0 saturated carbocycles. The van der Waals surface area contributed by atoms with Crippen molar-refractivity contribution in [3.05, 3.63) is 5.82 Å². The van der Waals surface area contributed by atoms with Gasteiger partial charge in [-0.3, -0.25) is 9.59 Å². The van der Waals surface area contributed by atoms with Gasteiger partial charge < -0.3 is 15.3 Å². The molecule has 0 radical (unpaired) electrons. The van der Waals surface area contributed by atoms with E-state index in [-0.39, 0.29) is 25.3 Å². The first kappa shape index (κ1) is 15.0. The number of hydrogen-bond donors (Lipinski definition) is 2. The van der Waals surface area contributed by atoms with E-state index >= 15 is 0 Å². The fourth-order valence-corrected chi connectivity index (χ4v) is 1.33. The number of carboxylic acid groups (broad SMARTS) is 1. The molecule has 1 rings (SSSR count). The van der Waals surface area contributed by atoms with Gasteiger partial charge in [0.1, 0.15) is 0 Å². The number of carbonyl (C=O) groups excluding carboxylic acids is 1. The zero-order valence-corrected chi connectivity index (χ0v) is 11.0. The molecular formula is C10H18N6O3. The minimum atomic E-state index is -0.948. The molecule has 1 aromatic heterocycles. The second kappa shape index (κ2) is 7.41. The van der Waals surface area contributed by atoms with Crippen molar-refractivity contribution in [2.75, 3.05) is 27.2 Å². The lowest BCUT2D eigenvalue weighted by Crippen LogP contribution is -2.29. The van der Waals surface area contributed by atoms with Gasteiger partial charge in [-0.05, 0) is 24.5 Å². The Kier molecular flexibility index (Phi) is 5.86. The lowest BCUT2D eigenvalue weighted by Gasteiger charge is -2.10. The molecule has 19 heavy (non-hydrogen) atoms. The van der Waals surface area contributed by atoms with Gasteiger partial charge in [-0.25, -0.2) is 4.68 Å². The molecule has 106 valence electrons. The molecule has 1 aromatic rings. The molecule has 0 bridgehead atoms. The van der Waals surface area contributed by atoms with E-state index < -0.39 is 5.97 Å². The molecule has 0 unspecified atom stereocenters. The van der Waals surface area contributed by atoms with E-state index in [0.29, 0.717) is 12.4 Å². The predicted octanol–water partition coefficient (Wildman–Crippen LogP) is -1.63. The quantitative estimate of drug-likeness (QED) is 0.583. The lowest BCUT2D eigenvalue weighted by molar-refractivity contribution is -0.136. The van der Waals surface area contributed by atoms with E-state index in [2.05, 4.69) is 20.8 Å². The lowest BCUT2D eigenvalue weighted by atomic mass is 10.3. The smallest absolute Gasteiger partial charge is 0.305 e. The highest BCUT2D eigenvalue weighted by atomic mass is 16.4. The number of carbonyl (C=O) groups is 2. The number of aromatic nitrogens is 4. The number of hydrogen-bond acceptors (Lipinski definition) is 6. The van der Waals surface area contributed by atoms with E-state index in [1.807, 2.05) is 19.0 Å². The summed E-state index contributed by atoms with van der Waals surface area (Å²) in [4.78, 5) is 23.9. The highest BCUT2D eigenvalue weighted by molar-refractivity contribution is 5.78. The molecule has 0 aliphatic heterocycles. The first-order valence-corrected chi connectivity index (χ1v) is 5.87. The predicted molar refractivity (Wildman–Crippen MR) is 65.3 cm³/mol. The average Bonchev–Trinajstić information content (AvgIpc) is 2.73. The van der Waals surface area contributed by atoms with Crippen LogP contribution in [0.2, 0.25) is 0 Å². The van der Waals surface area contributed by atoms with Crippen LogP contribution in [0.1, 0.15) is 12.2 Å². The Hall–Kier alpha value is -2.03. The highest BCUT2D eigenvalue weighted by Gasteiger charge is 2.11. The molecule has 1 heterocycles. The molecular weight excluding hydrogens is 252 g/mol. The van der Waals surface area contributed by atoms with Crippen LogP contribution < -0.4 is 5.32 Å². The van der Waals surface area contributed by atoms with Gasteiger partial charge >= 0.3 is 5.97 Å². The minimum Gasteiger partial charge on any atom is -0.481 e. The number of carboxylic acids is 1.